The van der Waals surface area contributed by atoms with Crippen LogP contribution in [0.4, 0.5) is 5.69 Å². The highest BCUT2D eigenvalue weighted by atomic mass is 16.5. The van der Waals surface area contributed by atoms with Gasteiger partial charge >= 0.3 is 0 Å². The summed E-state index contributed by atoms with van der Waals surface area (Å²) in [6.07, 6.45) is 1.65. The topological polar surface area (TPSA) is 50.4 Å². The van der Waals surface area contributed by atoms with Gasteiger partial charge in [0.15, 0.2) is 0 Å². The van der Waals surface area contributed by atoms with Crippen LogP contribution in [0.3, 0.4) is 0 Å². The number of methoxy groups -OCH3 is 1. The Balaban J connectivity index is 2.49. The van der Waals surface area contributed by atoms with Crippen LogP contribution in [0.25, 0.3) is 0 Å². The molecule has 1 aromatic rings. The number of carbonyl (C=O) groups is 1. The second-order valence-corrected chi connectivity index (χ2v) is 3.50. The third-order valence-electron chi connectivity index (χ3n) is 2.19. The minimum absolute atomic E-state index is 0.0895. The maximum Gasteiger partial charge on any atom is 0.251 e. The molecule has 0 bridgehead atoms. The van der Waals surface area contributed by atoms with Gasteiger partial charge in [-0.3, -0.25) is 4.79 Å². The van der Waals surface area contributed by atoms with Crippen molar-refractivity contribution in [3.05, 3.63) is 42.5 Å². The Bertz CT molecular complexity index is 360. The van der Waals surface area contributed by atoms with Crippen LogP contribution < -0.4 is 10.6 Å². The minimum atomic E-state index is -0.0895. The van der Waals surface area contributed by atoms with Crippen molar-refractivity contribution in [2.45, 2.75) is 0 Å². The monoisotopic (exact) mass is 234 g/mol. The molecule has 0 aromatic heterocycles. The summed E-state index contributed by atoms with van der Waals surface area (Å²) in [4.78, 5) is 11.6. The molecule has 1 aromatic carbocycles. The summed E-state index contributed by atoms with van der Waals surface area (Å²) >= 11 is 0. The van der Waals surface area contributed by atoms with Gasteiger partial charge in [-0.25, -0.2) is 0 Å². The molecule has 0 saturated heterocycles. The first-order valence-electron chi connectivity index (χ1n) is 5.50. The Morgan fingerprint density at radius 1 is 1.41 bits per heavy atom. The molecule has 0 atom stereocenters. The van der Waals surface area contributed by atoms with Gasteiger partial charge in [0, 0.05) is 31.5 Å². The molecule has 1 rings (SSSR count). The van der Waals surface area contributed by atoms with Crippen LogP contribution in [-0.4, -0.2) is 32.7 Å². The van der Waals surface area contributed by atoms with Crippen molar-refractivity contribution in [1.82, 2.24) is 5.32 Å². The van der Waals surface area contributed by atoms with Gasteiger partial charge in [0.05, 0.1) is 6.61 Å². The van der Waals surface area contributed by atoms with E-state index in [9.17, 15) is 4.79 Å². The third-order valence-corrected chi connectivity index (χ3v) is 2.19. The first-order valence-corrected chi connectivity index (χ1v) is 5.50. The van der Waals surface area contributed by atoms with E-state index < -0.39 is 0 Å². The standard InChI is InChI=1S/C13H18N2O2/c1-3-8-15-13(16)11-4-6-12(7-5-11)14-9-10-17-2/h3-7,14H,1,8-10H2,2H3,(H,15,16). The number of rotatable bonds is 7. The van der Waals surface area contributed by atoms with Gasteiger partial charge in [-0.1, -0.05) is 6.08 Å². The van der Waals surface area contributed by atoms with E-state index in [-0.39, 0.29) is 5.91 Å². The summed E-state index contributed by atoms with van der Waals surface area (Å²) in [7, 11) is 1.66. The molecule has 0 aliphatic heterocycles. The van der Waals surface area contributed by atoms with Crippen molar-refractivity contribution in [3.63, 3.8) is 0 Å². The molecule has 0 aliphatic carbocycles. The predicted octanol–water partition coefficient (Wildman–Crippen LogP) is 1.66. The summed E-state index contributed by atoms with van der Waals surface area (Å²) in [5.74, 6) is -0.0895. The lowest BCUT2D eigenvalue weighted by atomic mass is 10.2. The van der Waals surface area contributed by atoms with Gasteiger partial charge in [-0.2, -0.15) is 0 Å². The molecule has 4 nitrogen and oxygen atoms in total. The van der Waals surface area contributed by atoms with Gasteiger partial charge in [-0.15, -0.1) is 6.58 Å². The van der Waals surface area contributed by atoms with Crippen LogP contribution in [0.5, 0.6) is 0 Å². The molecular weight excluding hydrogens is 216 g/mol. The van der Waals surface area contributed by atoms with E-state index in [0.717, 1.165) is 12.2 Å². The summed E-state index contributed by atoms with van der Waals surface area (Å²) in [6.45, 7) is 5.43. The highest BCUT2D eigenvalue weighted by Gasteiger charge is 2.03. The lowest BCUT2D eigenvalue weighted by Gasteiger charge is -2.07. The largest absolute Gasteiger partial charge is 0.383 e. The van der Waals surface area contributed by atoms with Crippen LogP contribution in [0.1, 0.15) is 10.4 Å². The molecule has 0 heterocycles. The second-order valence-electron chi connectivity index (χ2n) is 3.50. The Labute approximate surface area is 102 Å². The zero-order valence-electron chi connectivity index (χ0n) is 10.0. The van der Waals surface area contributed by atoms with Crippen LogP contribution in [-0.2, 0) is 4.74 Å². The quantitative estimate of drug-likeness (QED) is 0.557. The number of nitrogens with one attached hydrogen (secondary N) is 2. The molecule has 4 heteroatoms. The molecule has 0 unspecified atom stereocenters. The fourth-order valence-corrected chi connectivity index (χ4v) is 1.30. The van der Waals surface area contributed by atoms with Crippen molar-refractivity contribution in [3.8, 4) is 0 Å². The van der Waals surface area contributed by atoms with E-state index in [1.54, 1.807) is 25.3 Å². The first-order chi connectivity index (χ1) is 8.27. The summed E-state index contributed by atoms with van der Waals surface area (Å²) < 4.78 is 4.93. The van der Waals surface area contributed by atoms with Crippen molar-refractivity contribution < 1.29 is 9.53 Å². The number of amides is 1. The average Bonchev–Trinajstić information content (AvgIpc) is 2.37. The lowest BCUT2D eigenvalue weighted by molar-refractivity contribution is 0.0958. The van der Waals surface area contributed by atoms with Crippen LogP contribution in [0.15, 0.2) is 36.9 Å². The Kier molecular flexibility index (Phi) is 5.82. The van der Waals surface area contributed by atoms with Crippen LogP contribution in [0, 0.1) is 0 Å². The van der Waals surface area contributed by atoms with E-state index >= 15 is 0 Å². The average molecular weight is 234 g/mol. The van der Waals surface area contributed by atoms with Gasteiger partial charge in [-0.05, 0) is 24.3 Å². The number of anilines is 1. The summed E-state index contributed by atoms with van der Waals surface area (Å²) in [6, 6.07) is 7.32. The zero-order chi connectivity index (χ0) is 12.5. The number of benzene rings is 1. The maximum atomic E-state index is 11.6. The van der Waals surface area contributed by atoms with Gasteiger partial charge < -0.3 is 15.4 Å². The fourth-order valence-electron chi connectivity index (χ4n) is 1.30. The van der Waals surface area contributed by atoms with Gasteiger partial charge in [0.2, 0.25) is 0 Å². The Hall–Kier alpha value is -1.81. The van der Waals surface area contributed by atoms with E-state index in [1.807, 2.05) is 12.1 Å². The number of carbonyl (C=O) groups excluding carboxylic acids is 1. The molecule has 0 aliphatic rings. The zero-order valence-corrected chi connectivity index (χ0v) is 10.0. The Morgan fingerprint density at radius 2 is 2.12 bits per heavy atom. The van der Waals surface area contributed by atoms with Crippen LogP contribution >= 0.6 is 0 Å². The molecule has 0 saturated carbocycles. The highest BCUT2D eigenvalue weighted by Crippen LogP contribution is 2.09. The van der Waals surface area contributed by atoms with Crippen LogP contribution in [0.2, 0.25) is 0 Å². The second kappa shape index (κ2) is 7.46. The highest BCUT2D eigenvalue weighted by molar-refractivity contribution is 5.94. The number of hydrogen-bond donors (Lipinski definition) is 2. The minimum Gasteiger partial charge on any atom is -0.383 e. The predicted molar refractivity (Wildman–Crippen MR) is 69.3 cm³/mol. The van der Waals surface area contributed by atoms with Crippen molar-refractivity contribution in [2.24, 2.45) is 0 Å². The molecular formula is C13H18N2O2. The molecule has 1 amide bonds. The number of ether oxygens (including phenoxy) is 1. The third kappa shape index (κ3) is 4.70. The molecule has 0 spiro atoms. The summed E-state index contributed by atoms with van der Waals surface area (Å²) in [5, 5.41) is 5.90. The smallest absolute Gasteiger partial charge is 0.251 e. The molecule has 0 radical (unpaired) electrons. The van der Waals surface area contributed by atoms with Gasteiger partial charge in [0.1, 0.15) is 0 Å². The van der Waals surface area contributed by atoms with Gasteiger partial charge in [0.25, 0.3) is 5.91 Å². The SMILES string of the molecule is C=CCNC(=O)c1ccc(NCCOC)cc1. The van der Waals surface area contributed by atoms with Crippen molar-refractivity contribution in [1.29, 1.82) is 0 Å². The lowest BCUT2D eigenvalue weighted by Crippen LogP contribution is -2.23. The van der Waals surface area contributed by atoms with E-state index in [4.69, 9.17) is 4.74 Å². The molecule has 0 fully saturated rings. The van der Waals surface area contributed by atoms with E-state index in [1.165, 1.54) is 0 Å². The van der Waals surface area contributed by atoms with E-state index in [0.29, 0.717) is 18.7 Å². The fraction of sp³-hybridized carbons (Fsp3) is 0.308. The molecule has 92 valence electrons. The normalized spacial score (nSPS) is 9.71. The van der Waals surface area contributed by atoms with E-state index in [2.05, 4.69) is 17.2 Å². The van der Waals surface area contributed by atoms with Crippen molar-refractivity contribution >= 4 is 11.6 Å². The number of hydrogen-bond acceptors (Lipinski definition) is 3. The maximum absolute atomic E-state index is 11.6. The summed E-state index contributed by atoms with van der Waals surface area (Å²) in [5.41, 5.74) is 1.62. The Morgan fingerprint density at radius 3 is 2.71 bits per heavy atom. The van der Waals surface area contributed by atoms with Crippen molar-refractivity contribution in [2.75, 3.05) is 32.1 Å². The molecule has 2 N–H and O–H groups in total. The first kappa shape index (κ1) is 13.3. The molecule has 17 heavy (non-hydrogen) atoms.